The molecule has 5 heteroatoms. The standard InChI is InChI=1S/C14H18N2O3/c1-16(13(17)10-5-3-2-4-6-10)12-9-11(14(18)19)7-8-15-12/h7-10H,2-6H2,1H3,(H,18,19). The van der Waals surface area contributed by atoms with Crippen molar-refractivity contribution in [3.63, 3.8) is 0 Å². The predicted molar refractivity (Wildman–Crippen MR) is 71.2 cm³/mol. The Morgan fingerprint density at radius 3 is 2.63 bits per heavy atom. The van der Waals surface area contributed by atoms with Gasteiger partial charge in [-0.25, -0.2) is 9.78 Å². The Hall–Kier alpha value is -1.91. The van der Waals surface area contributed by atoms with Gasteiger partial charge < -0.3 is 5.11 Å². The molecule has 5 nitrogen and oxygen atoms in total. The number of aromatic carboxylic acids is 1. The number of rotatable bonds is 3. The van der Waals surface area contributed by atoms with Crippen LogP contribution in [0.15, 0.2) is 18.3 Å². The van der Waals surface area contributed by atoms with Gasteiger partial charge in [-0.3, -0.25) is 9.69 Å². The van der Waals surface area contributed by atoms with Crippen LogP contribution in [0.5, 0.6) is 0 Å². The van der Waals surface area contributed by atoms with E-state index in [0.717, 1.165) is 25.7 Å². The number of pyridine rings is 1. The van der Waals surface area contributed by atoms with Crippen LogP contribution < -0.4 is 4.90 Å². The van der Waals surface area contributed by atoms with E-state index < -0.39 is 5.97 Å². The van der Waals surface area contributed by atoms with Gasteiger partial charge in [-0.2, -0.15) is 0 Å². The summed E-state index contributed by atoms with van der Waals surface area (Å²) >= 11 is 0. The number of hydrogen-bond acceptors (Lipinski definition) is 3. The lowest BCUT2D eigenvalue weighted by molar-refractivity contribution is -0.123. The SMILES string of the molecule is CN(C(=O)C1CCCCC1)c1cc(C(=O)O)ccn1. The Morgan fingerprint density at radius 1 is 1.32 bits per heavy atom. The molecule has 1 amide bonds. The van der Waals surface area contributed by atoms with Gasteiger partial charge in [0.1, 0.15) is 5.82 Å². The Kier molecular flexibility index (Phi) is 4.14. The van der Waals surface area contributed by atoms with Crippen LogP contribution >= 0.6 is 0 Å². The number of anilines is 1. The summed E-state index contributed by atoms with van der Waals surface area (Å²) in [7, 11) is 1.66. The van der Waals surface area contributed by atoms with E-state index in [4.69, 9.17) is 5.11 Å². The lowest BCUT2D eigenvalue weighted by atomic mass is 9.88. The summed E-state index contributed by atoms with van der Waals surface area (Å²) in [6.45, 7) is 0. The van der Waals surface area contributed by atoms with Gasteiger partial charge in [0.25, 0.3) is 0 Å². The van der Waals surface area contributed by atoms with Crippen molar-refractivity contribution in [3.8, 4) is 0 Å². The first kappa shape index (κ1) is 13.5. The van der Waals surface area contributed by atoms with E-state index in [-0.39, 0.29) is 17.4 Å². The zero-order valence-corrected chi connectivity index (χ0v) is 11.0. The fourth-order valence-corrected chi connectivity index (χ4v) is 2.47. The first-order valence-corrected chi connectivity index (χ1v) is 6.56. The van der Waals surface area contributed by atoms with Crippen LogP contribution in [0.3, 0.4) is 0 Å². The summed E-state index contributed by atoms with van der Waals surface area (Å²) in [6, 6.07) is 2.85. The van der Waals surface area contributed by atoms with Gasteiger partial charge in [0.15, 0.2) is 0 Å². The maximum Gasteiger partial charge on any atom is 0.335 e. The van der Waals surface area contributed by atoms with Crippen molar-refractivity contribution in [1.29, 1.82) is 0 Å². The summed E-state index contributed by atoms with van der Waals surface area (Å²) in [6.07, 6.45) is 6.63. The normalized spacial score (nSPS) is 16.1. The van der Waals surface area contributed by atoms with Gasteiger partial charge in [-0.05, 0) is 25.0 Å². The van der Waals surface area contributed by atoms with Crippen molar-refractivity contribution in [2.24, 2.45) is 5.92 Å². The monoisotopic (exact) mass is 262 g/mol. The molecule has 0 unspecified atom stereocenters. The number of aromatic nitrogens is 1. The fourth-order valence-electron chi connectivity index (χ4n) is 2.47. The number of carbonyl (C=O) groups excluding carboxylic acids is 1. The van der Waals surface area contributed by atoms with Crippen molar-refractivity contribution in [3.05, 3.63) is 23.9 Å². The van der Waals surface area contributed by atoms with Crippen molar-refractivity contribution < 1.29 is 14.7 Å². The Bertz CT molecular complexity index is 481. The third-order valence-corrected chi connectivity index (χ3v) is 3.62. The van der Waals surface area contributed by atoms with Gasteiger partial charge in [0, 0.05) is 19.2 Å². The lowest BCUT2D eigenvalue weighted by Gasteiger charge is -2.25. The molecule has 0 aromatic carbocycles. The second-order valence-electron chi connectivity index (χ2n) is 4.94. The molecule has 1 N–H and O–H groups in total. The minimum atomic E-state index is -1.01. The van der Waals surface area contributed by atoms with E-state index in [0.29, 0.717) is 5.82 Å². The maximum atomic E-state index is 12.3. The van der Waals surface area contributed by atoms with Crippen LogP contribution in [-0.4, -0.2) is 29.0 Å². The molecule has 0 spiro atoms. The smallest absolute Gasteiger partial charge is 0.335 e. The van der Waals surface area contributed by atoms with Gasteiger partial charge in [-0.15, -0.1) is 0 Å². The minimum absolute atomic E-state index is 0.0368. The molecule has 1 aromatic rings. The number of hydrogen-bond donors (Lipinski definition) is 1. The molecular formula is C14H18N2O3. The highest BCUT2D eigenvalue weighted by atomic mass is 16.4. The quantitative estimate of drug-likeness (QED) is 0.907. The zero-order chi connectivity index (χ0) is 13.8. The molecule has 1 aliphatic rings. The minimum Gasteiger partial charge on any atom is -0.478 e. The first-order valence-electron chi connectivity index (χ1n) is 6.56. The van der Waals surface area contributed by atoms with Crippen LogP contribution in [0.25, 0.3) is 0 Å². The van der Waals surface area contributed by atoms with Crippen molar-refractivity contribution in [2.75, 3.05) is 11.9 Å². The number of carboxylic acid groups (broad SMARTS) is 1. The molecule has 2 rings (SSSR count). The molecule has 0 saturated heterocycles. The molecular weight excluding hydrogens is 244 g/mol. The molecule has 1 aliphatic carbocycles. The molecule has 19 heavy (non-hydrogen) atoms. The number of carbonyl (C=O) groups is 2. The third kappa shape index (κ3) is 3.10. The molecule has 0 atom stereocenters. The van der Waals surface area contributed by atoms with E-state index in [9.17, 15) is 9.59 Å². The van der Waals surface area contributed by atoms with Crippen LogP contribution in [0, 0.1) is 5.92 Å². The summed E-state index contributed by atoms with van der Waals surface area (Å²) in [5.41, 5.74) is 0.147. The fraction of sp³-hybridized carbons (Fsp3) is 0.500. The Morgan fingerprint density at radius 2 is 2.00 bits per heavy atom. The van der Waals surface area contributed by atoms with Crippen LogP contribution in [0.4, 0.5) is 5.82 Å². The van der Waals surface area contributed by atoms with Crippen molar-refractivity contribution >= 4 is 17.7 Å². The highest BCUT2D eigenvalue weighted by Gasteiger charge is 2.25. The van der Waals surface area contributed by atoms with Crippen LogP contribution in [0.1, 0.15) is 42.5 Å². The number of amides is 1. The number of nitrogens with zero attached hydrogens (tertiary/aromatic N) is 2. The van der Waals surface area contributed by atoms with Gasteiger partial charge >= 0.3 is 5.97 Å². The second-order valence-corrected chi connectivity index (χ2v) is 4.94. The first-order chi connectivity index (χ1) is 9.09. The average Bonchev–Trinajstić information content (AvgIpc) is 2.46. The third-order valence-electron chi connectivity index (χ3n) is 3.62. The summed E-state index contributed by atoms with van der Waals surface area (Å²) in [4.78, 5) is 28.8. The lowest BCUT2D eigenvalue weighted by Crippen LogP contribution is -2.34. The summed E-state index contributed by atoms with van der Waals surface area (Å²) in [5, 5.41) is 8.95. The number of carboxylic acids is 1. The van der Waals surface area contributed by atoms with E-state index in [1.54, 1.807) is 7.05 Å². The van der Waals surface area contributed by atoms with Gasteiger partial charge in [0.05, 0.1) is 5.56 Å². The second kappa shape index (κ2) is 5.82. The van der Waals surface area contributed by atoms with Gasteiger partial charge in [0.2, 0.25) is 5.91 Å². The van der Waals surface area contributed by atoms with Gasteiger partial charge in [-0.1, -0.05) is 19.3 Å². The molecule has 1 heterocycles. The van der Waals surface area contributed by atoms with Crippen molar-refractivity contribution in [1.82, 2.24) is 4.98 Å². The molecule has 0 aliphatic heterocycles. The van der Waals surface area contributed by atoms with E-state index in [1.165, 1.54) is 29.7 Å². The summed E-state index contributed by atoms with van der Waals surface area (Å²) in [5.74, 6) is -0.526. The van der Waals surface area contributed by atoms with Crippen LogP contribution in [0.2, 0.25) is 0 Å². The van der Waals surface area contributed by atoms with Crippen molar-refractivity contribution in [2.45, 2.75) is 32.1 Å². The topological polar surface area (TPSA) is 70.5 Å². The molecule has 102 valence electrons. The predicted octanol–water partition coefficient (Wildman–Crippen LogP) is 2.32. The van der Waals surface area contributed by atoms with E-state index >= 15 is 0 Å². The molecule has 0 radical (unpaired) electrons. The van der Waals surface area contributed by atoms with E-state index in [1.807, 2.05) is 0 Å². The Labute approximate surface area is 112 Å². The molecule has 1 aromatic heterocycles. The zero-order valence-electron chi connectivity index (χ0n) is 11.0. The Balaban J connectivity index is 2.13. The van der Waals surface area contributed by atoms with E-state index in [2.05, 4.69) is 4.98 Å². The summed E-state index contributed by atoms with van der Waals surface area (Å²) < 4.78 is 0. The molecule has 1 saturated carbocycles. The molecule has 1 fully saturated rings. The molecule has 0 bridgehead atoms. The average molecular weight is 262 g/mol. The largest absolute Gasteiger partial charge is 0.478 e. The highest BCUT2D eigenvalue weighted by Crippen LogP contribution is 2.26. The highest BCUT2D eigenvalue weighted by molar-refractivity contribution is 5.95. The van der Waals surface area contributed by atoms with Crippen LogP contribution in [-0.2, 0) is 4.79 Å². The maximum absolute atomic E-state index is 12.3.